The van der Waals surface area contributed by atoms with E-state index in [4.69, 9.17) is 19.2 Å². The molecule has 160 valence electrons. The van der Waals surface area contributed by atoms with Crippen LogP contribution in [0.1, 0.15) is 51.8 Å². The number of fused-ring (bicyclic) bond motifs is 1. The lowest BCUT2D eigenvalue weighted by Crippen LogP contribution is -2.42. The summed E-state index contributed by atoms with van der Waals surface area (Å²) in [5.41, 5.74) is 1.52. The monoisotopic (exact) mass is 403 g/mol. The highest BCUT2D eigenvalue weighted by Gasteiger charge is 2.31. The molecule has 3 rings (SSSR count). The quantitative estimate of drug-likeness (QED) is 0.677. The Morgan fingerprint density at radius 3 is 2.76 bits per heavy atom. The first kappa shape index (κ1) is 21.4. The van der Waals surface area contributed by atoms with Crippen LogP contribution < -0.4 is 4.74 Å². The largest absolute Gasteiger partial charge is 0.497 e. The number of hydrogen-bond acceptors (Lipinski definition) is 5. The van der Waals surface area contributed by atoms with Gasteiger partial charge in [0.25, 0.3) is 0 Å². The van der Waals surface area contributed by atoms with Gasteiger partial charge in [-0.1, -0.05) is 0 Å². The maximum absolute atomic E-state index is 12.6. The van der Waals surface area contributed by atoms with E-state index in [0.29, 0.717) is 13.2 Å². The minimum atomic E-state index is -0.492. The number of likely N-dealkylation sites (tertiary alicyclic amines) is 1. The fourth-order valence-corrected chi connectivity index (χ4v) is 3.84. The summed E-state index contributed by atoms with van der Waals surface area (Å²) in [7, 11) is 3.39. The number of carbonyl (C=O) groups is 1. The third-order valence-electron chi connectivity index (χ3n) is 5.15. The third kappa shape index (κ3) is 5.21. The van der Waals surface area contributed by atoms with Gasteiger partial charge >= 0.3 is 6.09 Å². The minimum Gasteiger partial charge on any atom is -0.497 e. The third-order valence-corrected chi connectivity index (χ3v) is 5.15. The molecule has 1 aliphatic heterocycles. The molecule has 1 aliphatic rings. The number of aromatic nitrogens is 2. The Bertz CT molecular complexity index is 840. The Kier molecular flexibility index (Phi) is 6.67. The van der Waals surface area contributed by atoms with Crippen molar-refractivity contribution in [3.05, 3.63) is 24.0 Å². The number of ether oxygens (including phenoxy) is 3. The SMILES string of the molecule is COCCCn1c(C2CCCN(C(=O)OC(C)(C)C)C2)nc2ccc(OC)cc21. The molecule has 1 aromatic heterocycles. The first-order valence-corrected chi connectivity index (χ1v) is 10.3. The predicted molar refractivity (Wildman–Crippen MR) is 113 cm³/mol. The Morgan fingerprint density at radius 1 is 1.28 bits per heavy atom. The van der Waals surface area contributed by atoms with Crippen LogP contribution in [0.4, 0.5) is 4.79 Å². The second-order valence-electron chi connectivity index (χ2n) is 8.59. The molecule has 1 saturated heterocycles. The van der Waals surface area contributed by atoms with Gasteiger partial charge in [0.1, 0.15) is 17.2 Å². The van der Waals surface area contributed by atoms with Crippen molar-refractivity contribution in [2.75, 3.05) is 33.9 Å². The maximum atomic E-state index is 12.6. The molecule has 29 heavy (non-hydrogen) atoms. The maximum Gasteiger partial charge on any atom is 0.410 e. The standard InChI is InChI=1S/C22H33N3O4/c1-22(2,3)29-21(26)24-11-6-8-16(15-24)20-23-18-10-9-17(28-5)14-19(18)25(20)12-7-13-27-4/h9-10,14,16H,6-8,11-13,15H2,1-5H3. The van der Waals surface area contributed by atoms with Crippen LogP contribution in [0.2, 0.25) is 0 Å². The van der Waals surface area contributed by atoms with Crippen molar-refractivity contribution >= 4 is 17.1 Å². The molecule has 0 spiro atoms. The van der Waals surface area contributed by atoms with E-state index in [1.165, 1.54) is 0 Å². The summed E-state index contributed by atoms with van der Waals surface area (Å²) >= 11 is 0. The van der Waals surface area contributed by atoms with E-state index in [9.17, 15) is 4.79 Å². The lowest BCUT2D eigenvalue weighted by molar-refractivity contribution is 0.0195. The van der Waals surface area contributed by atoms with Crippen molar-refractivity contribution in [3.63, 3.8) is 0 Å². The van der Waals surface area contributed by atoms with Gasteiger partial charge in [0, 0.05) is 45.3 Å². The Labute approximate surface area is 172 Å². The molecule has 1 atom stereocenters. The van der Waals surface area contributed by atoms with Crippen LogP contribution in [0.5, 0.6) is 5.75 Å². The lowest BCUT2D eigenvalue weighted by atomic mass is 9.97. The number of rotatable bonds is 6. The molecule has 1 amide bonds. The zero-order valence-corrected chi connectivity index (χ0v) is 18.2. The molecule has 7 nitrogen and oxygen atoms in total. The van der Waals surface area contributed by atoms with Crippen LogP contribution in [-0.4, -0.2) is 60.1 Å². The van der Waals surface area contributed by atoms with Gasteiger partial charge in [0.2, 0.25) is 0 Å². The Hall–Kier alpha value is -2.28. The zero-order chi connectivity index (χ0) is 21.0. The highest BCUT2D eigenvalue weighted by atomic mass is 16.6. The molecular weight excluding hydrogens is 370 g/mol. The van der Waals surface area contributed by atoms with Crippen molar-refractivity contribution in [2.24, 2.45) is 0 Å². The molecule has 1 unspecified atom stereocenters. The van der Waals surface area contributed by atoms with Crippen molar-refractivity contribution in [2.45, 2.75) is 58.1 Å². The van der Waals surface area contributed by atoms with Gasteiger partial charge in [-0.05, 0) is 52.2 Å². The van der Waals surface area contributed by atoms with Crippen LogP contribution in [0.15, 0.2) is 18.2 Å². The number of benzene rings is 1. The van der Waals surface area contributed by atoms with Crippen LogP contribution >= 0.6 is 0 Å². The van der Waals surface area contributed by atoms with E-state index >= 15 is 0 Å². The van der Waals surface area contributed by atoms with Gasteiger partial charge in [-0.15, -0.1) is 0 Å². The van der Waals surface area contributed by atoms with E-state index in [0.717, 1.165) is 55.0 Å². The number of imidazole rings is 1. The van der Waals surface area contributed by atoms with E-state index in [1.807, 2.05) is 43.9 Å². The number of methoxy groups -OCH3 is 2. The van der Waals surface area contributed by atoms with Gasteiger partial charge in [0.15, 0.2) is 0 Å². The van der Waals surface area contributed by atoms with Crippen molar-refractivity contribution < 1.29 is 19.0 Å². The summed E-state index contributed by atoms with van der Waals surface area (Å²) in [6.07, 6.45) is 2.60. The lowest BCUT2D eigenvalue weighted by Gasteiger charge is -2.34. The summed E-state index contributed by atoms with van der Waals surface area (Å²) in [6.45, 7) is 8.55. The van der Waals surface area contributed by atoms with Crippen molar-refractivity contribution in [1.29, 1.82) is 0 Å². The number of amides is 1. The Morgan fingerprint density at radius 2 is 2.07 bits per heavy atom. The molecule has 1 aromatic carbocycles. The van der Waals surface area contributed by atoms with Crippen LogP contribution in [0.3, 0.4) is 0 Å². The van der Waals surface area contributed by atoms with Crippen molar-refractivity contribution in [3.8, 4) is 5.75 Å². The molecular formula is C22H33N3O4. The van der Waals surface area contributed by atoms with E-state index in [-0.39, 0.29) is 12.0 Å². The Balaban J connectivity index is 1.88. The summed E-state index contributed by atoms with van der Waals surface area (Å²) in [6, 6.07) is 5.97. The molecule has 0 N–H and O–H groups in total. The number of aryl methyl sites for hydroxylation is 1. The second kappa shape index (κ2) is 9.03. The zero-order valence-electron chi connectivity index (χ0n) is 18.2. The molecule has 7 heteroatoms. The van der Waals surface area contributed by atoms with Crippen molar-refractivity contribution in [1.82, 2.24) is 14.5 Å². The number of carbonyl (C=O) groups excluding carboxylic acids is 1. The summed E-state index contributed by atoms with van der Waals surface area (Å²) in [5.74, 6) is 2.02. The fraction of sp³-hybridized carbons (Fsp3) is 0.636. The first-order valence-electron chi connectivity index (χ1n) is 10.3. The average Bonchev–Trinajstić information content (AvgIpc) is 3.05. The molecule has 0 aliphatic carbocycles. The van der Waals surface area contributed by atoms with Gasteiger partial charge in [-0.25, -0.2) is 9.78 Å². The second-order valence-corrected chi connectivity index (χ2v) is 8.59. The van der Waals surface area contributed by atoms with Gasteiger partial charge < -0.3 is 23.7 Å². The number of hydrogen-bond donors (Lipinski definition) is 0. The molecule has 0 bridgehead atoms. The van der Waals surface area contributed by atoms with Crippen LogP contribution in [0, 0.1) is 0 Å². The predicted octanol–water partition coefficient (Wildman–Crippen LogP) is 4.20. The molecule has 2 heterocycles. The smallest absolute Gasteiger partial charge is 0.410 e. The molecule has 0 radical (unpaired) electrons. The molecule has 2 aromatic rings. The van der Waals surface area contributed by atoms with Crippen LogP contribution in [0.25, 0.3) is 11.0 Å². The normalized spacial score (nSPS) is 17.6. The van der Waals surface area contributed by atoms with Gasteiger partial charge in [0.05, 0.1) is 18.1 Å². The fourth-order valence-electron chi connectivity index (χ4n) is 3.84. The molecule has 0 saturated carbocycles. The highest BCUT2D eigenvalue weighted by molar-refractivity contribution is 5.78. The van der Waals surface area contributed by atoms with Crippen LogP contribution in [-0.2, 0) is 16.0 Å². The van der Waals surface area contributed by atoms with E-state index < -0.39 is 5.60 Å². The highest BCUT2D eigenvalue weighted by Crippen LogP contribution is 2.31. The molecule has 1 fully saturated rings. The van der Waals surface area contributed by atoms with E-state index in [2.05, 4.69) is 4.57 Å². The van der Waals surface area contributed by atoms with Gasteiger partial charge in [-0.2, -0.15) is 0 Å². The number of nitrogens with zero attached hydrogens (tertiary/aromatic N) is 3. The average molecular weight is 404 g/mol. The topological polar surface area (TPSA) is 65.8 Å². The summed E-state index contributed by atoms with van der Waals surface area (Å²) < 4.78 is 18.5. The minimum absolute atomic E-state index is 0.178. The number of piperidine rings is 1. The van der Waals surface area contributed by atoms with E-state index in [1.54, 1.807) is 14.2 Å². The van der Waals surface area contributed by atoms with Gasteiger partial charge in [-0.3, -0.25) is 0 Å². The summed E-state index contributed by atoms with van der Waals surface area (Å²) in [4.78, 5) is 19.4. The summed E-state index contributed by atoms with van der Waals surface area (Å²) in [5, 5.41) is 0. The first-order chi connectivity index (χ1) is 13.8.